The van der Waals surface area contributed by atoms with E-state index in [0.29, 0.717) is 161 Å². The molecule has 0 radical (unpaired) electrons. The average molecular weight is 1620 g/mol. The normalized spacial score (nSPS) is 27.3. The molecule has 11 N–H and O–H groups in total. The van der Waals surface area contributed by atoms with Crippen molar-refractivity contribution in [2.45, 2.75) is 377 Å². The van der Waals surface area contributed by atoms with Gasteiger partial charge in [0.1, 0.15) is 82.6 Å². The highest BCUT2D eigenvalue weighted by Gasteiger charge is 2.46. The predicted octanol–water partition coefficient (Wildman–Crippen LogP) is 8.02. The summed E-state index contributed by atoms with van der Waals surface area (Å²) in [4.78, 5) is 105. The van der Waals surface area contributed by atoms with E-state index in [-0.39, 0.29) is 168 Å². The maximum Gasteiger partial charge on any atom is 0.220 e. The van der Waals surface area contributed by atoms with E-state index in [0.717, 1.165) is 44.9 Å². The largest absolute Gasteiger partial charge is 0.394 e. The zero-order valence-corrected chi connectivity index (χ0v) is 69.4. The number of Topliss-reactive ketones (excluding diaryl/α,β-unsaturated/α-hetero) is 7. The Hall–Kier alpha value is -3.60. The first-order chi connectivity index (χ1) is 54.0. The second kappa shape index (κ2) is 57.5. The summed E-state index contributed by atoms with van der Waals surface area (Å²) in [6, 6.07) is 0. The molecule has 0 aromatic heterocycles. The highest BCUT2D eigenvalue weighted by molar-refractivity contribution is 5.82. The number of rotatable bonds is 67. The molecule has 113 heavy (non-hydrogen) atoms. The quantitative estimate of drug-likeness (QED) is 0.0257. The van der Waals surface area contributed by atoms with E-state index >= 15 is 0 Å². The minimum atomic E-state index is -1.31. The van der Waals surface area contributed by atoms with E-state index < -0.39 is 123 Å². The number of aliphatic hydroxyl groups is 10. The van der Waals surface area contributed by atoms with E-state index in [9.17, 15) is 89.4 Å². The molecule has 18 atom stereocenters. The van der Waals surface area contributed by atoms with Gasteiger partial charge in [-0.1, -0.05) is 86.5 Å². The number of carbonyl (C=O) groups excluding carboxylic acids is 8. The van der Waals surface area contributed by atoms with E-state index in [1.807, 2.05) is 0 Å². The zero-order chi connectivity index (χ0) is 83.1. The molecule has 3 saturated heterocycles. The van der Waals surface area contributed by atoms with Gasteiger partial charge >= 0.3 is 0 Å². The maximum atomic E-state index is 14.1. The van der Waals surface area contributed by atoms with Crippen molar-refractivity contribution in [2.75, 3.05) is 79.3 Å². The summed E-state index contributed by atoms with van der Waals surface area (Å²) >= 11 is 0. The predicted molar refractivity (Wildman–Crippen MR) is 420 cm³/mol. The van der Waals surface area contributed by atoms with Crippen LogP contribution in [0.4, 0.5) is 0 Å². The lowest BCUT2D eigenvalue weighted by atomic mass is 9.81. The lowest BCUT2D eigenvalue weighted by Gasteiger charge is -2.40. The molecule has 1 saturated carbocycles. The van der Waals surface area contributed by atoms with Gasteiger partial charge in [-0.25, -0.2) is 0 Å². The van der Waals surface area contributed by atoms with Crippen LogP contribution < -0.4 is 5.32 Å². The van der Waals surface area contributed by atoms with Crippen LogP contribution in [0, 0.1) is 35.0 Å². The van der Waals surface area contributed by atoms with Crippen molar-refractivity contribution in [3.8, 4) is 0 Å². The molecule has 656 valence electrons. The first kappa shape index (κ1) is 102. The minimum Gasteiger partial charge on any atom is -0.394 e. The van der Waals surface area contributed by atoms with Crippen molar-refractivity contribution in [2.24, 2.45) is 35.0 Å². The Labute approximate surface area is 672 Å². The fraction of sp³-hybridized carbons (Fsp3) is 0.906. The van der Waals surface area contributed by atoms with E-state index in [4.69, 9.17) is 42.6 Å². The van der Waals surface area contributed by atoms with Crippen LogP contribution in [-0.4, -0.2) is 262 Å². The lowest BCUT2D eigenvalue weighted by Crippen LogP contribution is -2.58. The molecule has 4 aliphatic rings. The standard InChI is InChI=1S/C85H149NO27/c1-58-75(99)78(102)71(52-87)111-81(58)108-44-25-22-34-62(90)28-14-11-17-31-65(93)40-47-105-55-85(86-74(98)38-21-10-8-7-9-20-37-70(97)69-51-68(96)50-61(69)39-43-84(4,5)6,56-106-48-41-66(94)32-18-12-15-29-63(91)35-23-26-45-109-82-59(2)76(100)79(103)72(53-88)112-82)57-107-49-42-67(95)33-19-13-16-30-64(92)36-24-27-46-110-83-60(3)77(101)80(104)73(54-89)113-83/h58-61,68-69,71-73,75-83,87-89,96,99-104H,7-57H2,1-6H3,(H,86,98)/t58?,59?,60?,61-,68-,69?,71?,72?,73?,75?,76?,77?,78?,79?,80?,81?,82?,83?,85?/m1/s1. The molecule has 28 heteroatoms. The summed E-state index contributed by atoms with van der Waals surface area (Å²) in [7, 11) is 0. The van der Waals surface area contributed by atoms with Gasteiger partial charge in [0, 0.05) is 133 Å². The van der Waals surface area contributed by atoms with Crippen LogP contribution in [0.15, 0.2) is 0 Å². The van der Waals surface area contributed by atoms with Crippen LogP contribution in [0.1, 0.15) is 292 Å². The summed E-state index contributed by atoms with van der Waals surface area (Å²) < 4.78 is 52.8. The Bertz CT molecular complexity index is 2440. The number of ketones is 7. The smallest absolute Gasteiger partial charge is 0.220 e. The van der Waals surface area contributed by atoms with Crippen molar-refractivity contribution < 1.29 is 132 Å². The molecule has 0 aromatic carbocycles. The molecule has 0 bridgehead atoms. The third-order valence-corrected chi connectivity index (χ3v) is 22.7. The van der Waals surface area contributed by atoms with E-state index in [1.54, 1.807) is 20.8 Å². The van der Waals surface area contributed by atoms with E-state index in [2.05, 4.69) is 26.1 Å². The molecule has 1 aliphatic carbocycles. The van der Waals surface area contributed by atoms with Gasteiger partial charge in [-0.15, -0.1) is 0 Å². The zero-order valence-electron chi connectivity index (χ0n) is 69.4. The second-order valence-electron chi connectivity index (χ2n) is 34.0. The van der Waals surface area contributed by atoms with Crippen molar-refractivity contribution >= 4 is 46.4 Å². The topological polar surface area (TPSA) is 434 Å². The Kier molecular flexibility index (Phi) is 51.8. The fourth-order valence-corrected chi connectivity index (χ4v) is 15.2. The van der Waals surface area contributed by atoms with Crippen LogP contribution in [0.3, 0.4) is 0 Å². The van der Waals surface area contributed by atoms with Crippen LogP contribution in [0.5, 0.6) is 0 Å². The number of nitrogens with one attached hydrogen (secondary N) is 1. The number of amides is 1. The molecule has 4 fully saturated rings. The van der Waals surface area contributed by atoms with Gasteiger partial charge < -0.3 is 99.0 Å². The molecule has 1 amide bonds. The fourth-order valence-electron chi connectivity index (χ4n) is 15.2. The van der Waals surface area contributed by atoms with Gasteiger partial charge in [0.2, 0.25) is 5.91 Å². The second-order valence-corrected chi connectivity index (χ2v) is 34.0. The SMILES string of the molecule is CC1C(OCCCCC(=O)CCCCCC(=O)CCOCC(COCCC(=O)CCCCCC(=O)CCCCOC2OC(CO)C(O)C(O)C2C)(COCCC(=O)CCCCCC(=O)CCCCOC2OC(CO)C(O)C(O)C2C)NC(=O)CCCCCCCCC(=O)C2C[C@H](O)C[C@H]2CCC(C)(C)C)OC(CO)C(O)C1O. The van der Waals surface area contributed by atoms with Gasteiger partial charge in [-0.3, -0.25) is 38.4 Å². The number of ether oxygens (including phenoxy) is 9. The average Bonchev–Trinajstić information content (AvgIpc) is 1.53. The summed E-state index contributed by atoms with van der Waals surface area (Å²) in [5, 5.41) is 103. The van der Waals surface area contributed by atoms with Gasteiger partial charge in [-0.05, 0) is 127 Å². The molecule has 0 aromatic rings. The highest BCUT2D eigenvalue weighted by Crippen LogP contribution is 2.40. The van der Waals surface area contributed by atoms with E-state index in [1.165, 1.54) is 0 Å². The van der Waals surface area contributed by atoms with Crippen LogP contribution in [0.25, 0.3) is 0 Å². The highest BCUT2D eigenvalue weighted by atomic mass is 16.7. The minimum absolute atomic E-state index is 0.0172. The molecule has 3 heterocycles. The van der Waals surface area contributed by atoms with Gasteiger partial charge in [0.05, 0.1) is 83.9 Å². The number of unbranched alkanes of at least 4 members (excludes halogenated alkanes) is 14. The molecule has 4 rings (SSSR count). The first-order valence-electron chi connectivity index (χ1n) is 43.1. The van der Waals surface area contributed by atoms with Gasteiger partial charge in [0.25, 0.3) is 0 Å². The Morgan fingerprint density at radius 3 is 0.956 bits per heavy atom. The third-order valence-electron chi connectivity index (χ3n) is 22.7. The molecule has 3 aliphatic heterocycles. The molecule has 16 unspecified atom stereocenters. The Morgan fingerprint density at radius 1 is 0.354 bits per heavy atom. The van der Waals surface area contributed by atoms with Gasteiger partial charge in [0.15, 0.2) is 18.9 Å². The molecular formula is C85H149NO27. The number of hydrogen-bond acceptors (Lipinski definition) is 27. The molecule has 28 nitrogen and oxygen atoms in total. The number of hydrogen-bond donors (Lipinski definition) is 11. The monoisotopic (exact) mass is 1620 g/mol. The van der Waals surface area contributed by atoms with Gasteiger partial charge in [-0.2, -0.15) is 0 Å². The van der Waals surface area contributed by atoms with Crippen molar-refractivity contribution in [3.63, 3.8) is 0 Å². The first-order valence-corrected chi connectivity index (χ1v) is 43.1. The summed E-state index contributed by atoms with van der Waals surface area (Å²) in [6.07, 6.45) is 8.29. The molecule has 0 spiro atoms. The van der Waals surface area contributed by atoms with Crippen LogP contribution in [0.2, 0.25) is 0 Å². The molecular weight excluding hydrogens is 1470 g/mol. The van der Waals surface area contributed by atoms with Crippen molar-refractivity contribution in [1.82, 2.24) is 5.32 Å². The maximum absolute atomic E-state index is 14.1. The van der Waals surface area contributed by atoms with Crippen molar-refractivity contribution in [3.05, 3.63) is 0 Å². The lowest BCUT2D eigenvalue weighted by molar-refractivity contribution is -0.282. The summed E-state index contributed by atoms with van der Waals surface area (Å²) in [5.74, 6) is -1.25. The number of aliphatic hydroxyl groups excluding tert-OH is 10. The summed E-state index contributed by atoms with van der Waals surface area (Å²) in [6.45, 7) is 10.8. The van der Waals surface area contributed by atoms with Crippen molar-refractivity contribution in [1.29, 1.82) is 0 Å². The number of carbonyl (C=O) groups is 8. The Balaban J connectivity index is 1.28. The van der Waals surface area contributed by atoms with Crippen LogP contribution in [-0.2, 0) is 81.0 Å². The van der Waals surface area contributed by atoms with Crippen LogP contribution >= 0.6 is 0 Å². The third kappa shape index (κ3) is 41.3. The summed E-state index contributed by atoms with van der Waals surface area (Å²) in [5.41, 5.74) is -1.15. The Morgan fingerprint density at radius 2 is 0.637 bits per heavy atom.